The number of hydrogen-bond donors (Lipinski definition) is 0. The summed E-state index contributed by atoms with van der Waals surface area (Å²) < 4.78 is 38.1. The van der Waals surface area contributed by atoms with Gasteiger partial charge < -0.3 is 9.47 Å². The van der Waals surface area contributed by atoms with Crippen molar-refractivity contribution in [3.05, 3.63) is 30.3 Å². The Morgan fingerprint density at radius 2 is 1.77 bits per heavy atom. The van der Waals surface area contributed by atoms with Crippen LogP contribution in [0.2, 0.25) is 0 Å². The number of rotatable bonds is 13. The maximum atomic E-state index is 13.4. The second kappa shape index (κ2) is 12.4. The number of halogens is 1. The largest absolute Gasteiger partial charge is 0.465 e. The molecule has 9 heteroatoms. The summed E-state index contributed by atoms with van der Waals surface area (Å²) in [7, 11) is -4.15. The Balaban J connectivity index is 3.38. The first-order valence-corrected chi connectivity index (χ1v) is 12.6. The zero-order valence-corrected chi connectivity index (χ0v) is 20.5. The number of nitrogens with zero attached hydrogens (tertiary/aromatic N) is 1. The van der Waals surface area contributed by atoms with Gasteiger partial charge in [0.15, 0.2) is 0 Å². The maximum absolute atomic E-state index is 13.4. The molecule has 170 valence electrons. The van der Waals surface area contributed by atoms with Crippen LogP contribution in [0, 0.1) is 5.41 Å². The third kappa shape index (κ3) is 8.00. The Hall–Kier alpha value is -1.45. The number of benzene rings is 1. The zero-order valence-electron chi connectivity index (χ0n) is 18.1. The Morgan fingerprint density at radius 1 is 1.13 bits per heavy atom. The molecule has 0 unspecified atom stereocenters. The number of ether oxygens (including phenoxy) is 2. The van der Waals surface area contributed by atoms with Gasteiger partial charge in [0.1, 0.15) is 12.6 Å². The van der Waals surface area contributed by atoms with E-state index in [2.05, 4.69) is 15.9 Å². The predicted molar refractivity (Wildman–Crippen MR) is 119 cm³/mol. The van der Waals surface area contributed by atoms with Gasteiger partial charge in [0.25, 0.3) is 0 Å². The van der Waals surface area contributed by atoms with Crippen molar-refractivity contribution in [3.63, 3.8) is 0 Å². The standard InChI is InChI=1S/C21H32BrNO6S/c1-5-7-13-29-19(24)15-23(30(26,27)17-11-9-8-10-12-17)18(20(25)28-6-2)14-21(3,4)16-22/h8-12,18H,5-7,13-16H2,1-4H3/t18-/m0/s1. The minimum absolute atomic E-state index is 0.00250. The molecule has 0 radical (unpaired) electrons. The Bertz CT molecular complexity index is 782. The number of sulfonamides is 1. The highest BCUT2D eigenvalue weighted by molar-refractivity contribution is 9.09. The van der Waals surface area contributed by atoms with Crippen molar-refractivity contribution < 1.29 is 27.5 Å². The first kappa shape index (κ1) is 26.6. The highest BCUT2D eigenvalue weighted by Gasteiger charge is 2.41. The van der Waals surface area contributed by atoms with Gasteiger partial charge in [0, 0.05) is 5.33 Å². The molecule has 1 atom stereocenters. The second-order valence-electron chi connectivity index (χ2n) is 7.71. The molecule has 1 aromatic rings. The van der Waals surface area contributed by atoms with Gasteiger partial charge in [-0.1, -0.05) is 61.3 Å². The molecule has 1 aromatic carbocycles. The lowest BCUT2D eigenvalue weighted by molar-refractivity contribution is -0.151. The first-order valence-electron chi connectivity index (χ1n) is 10.0. The van der Waals surface area contributed by atoms with Gasteiger partial charge in [-0.25, -0.2) is 8.42 Å². The zero-order chi connectivity index (χ0) is 22.8. The summed E-state index contributed by atoms with van der Waals surface area (Å²) in [6.07, 6.45) is 1.69. The van der Waals surface area contributed by atoms with Crippen LogP contribution in [0.25, 0.3) is 0 Å². The molecule has 0 fully saturated rings. The molecule has 0 aliphatic carbocycles. The van der Waals surface area contributed by atoms with Crippen molar-refractivity contribution in [1.82, 2.24) is 4.31 Å². The third-order valence-corrected chi connectivity index (χ3v) is 7.80. The van der Waals surface area contributed by atoms with Crippen LogP contribution in [0.3, 0.4) is 0 Å². The molecule has 1 rings (SSSR count). The molecular formula is C21H32BrNO6S. The average Bonchev–Trinajstić information content (AvgIpc) is 2.71. The minimum atomic E-state index is -4.15. The highest BCUT2D eigenvalue weighted by atomic mass is 79.9. The number of carbonyl (C=O) groups is 2. The van der Waals surface area contributed by atoms with Crippen LogP contribution in [0.1, 0.15) is 47.0 Å². The molecular weight excluding hydrogens is 474 g/mol. The molecule has 0 saturated heterocycles. The molecule has 0 spiro atoms. The lowest BCUT2D eigenvalue weighted by Gasteiger charge is -2.33. The van der Waals surface area contributed by atoms with Gasteiger partial charge in [-0.2, -0.15) is 4.31 Å². The fourth-order valence-corrected chi connectivity index (χ4v) is 4.48. The predicted octanol–water partition coefficient (Wildman–Crippen LogP) is 3.76. The van der Waals surface area contributed by atoms with Gasteiger partial charge in [0.2, 0.25) is 10.0 Å². The molecule has 0 N–H and O–H groups in total. The van der Waals surface area contributed by atoms with Gasteiger partial charge in [0.05, 0.1) is 18.1 Å². The SMILES string of the molecule is CCCCOC(=O)CN([C@@H](CC(C)(C)CBr)C(=O)OCC)S(=O)(=O)c1ccccc1. The Labute approximate surface area is 188 Å². The minimum Gasteiger partial charge on any atom is -0.465 e. The van der Waals surface area contributed by atoms with Crippen LogP contribution < -0.4 is 0 Å². The molecule has 0 bridgehead atoms. The Morgan fingerprint density at radius 3 is 2.30 bits per heavy atom. The number of unbranched alkanes of at least 4 members (excludes halogenated alkanes) is 1. The van der Waals surface area contributed by atoms with Crippen molar-refractivity contribution in [1.29, 1.82) is 0 Å². The van der Waals surface area contributed by atoms with E-state index in [1.54, 1.807) is 25.1 Å². The van der Waals surface area contributed by atoms with Crippen LogP contribution >= 0.6 is 15.9 Å². The van der Waals surface area contributed by atoms with Crippen LogP contribution in [0.5, 0.6) is 0 Å². The normalized spacial score (nSPS) is 13.1. The van der Waals surface area contributed by atoms with Gasteiger partial charge in [-0.05, 0) is 37.3 Å². The molecule has 30 heavy (non-hydrogen) atoms. The van der Waals surface area contributed by atoms with E-state index in [0.717, 1.165) is 10.7 Å². The van der Waals surface area contributed by atoms with E-state index < -0.39 is 40.0 Å². The van der Waals surface area contributed by atoms with Crippen LogP contribution in [-0.4, -0.2) is 55.8 Å². The molecule has 0 heterocycles. The molecule has 0 aliphatic heterocycles. The summed E-state index contributed by atoms with van der Waals surface area (Å²) >= 11 is 3.41. The van der Waals surface area contributed by atoms with Crippen molar-refractivity contribution in [2.24, 2.45) is 5.41 Å². The Kier molecular flexibility index (Phi) is 11.0. The molecule has 0 aromatic heterocycles. The van der Waals surface area contributed by atoms with Gasteiger partial charge in [-0.15, -0.1) is 0 Å². The van der Waals surface area contributed by atoms with E-state index in [0.29, 0.717) is 11.8 Å². The molecule has 7 nitrogen and oxygen atoms in total. The number of carbonyl (C=O) groups excluding carboxylic acids is 2. The van der Waals surface area contributed by atoms with Crippen molar-refractivity contribution in [2.45, 2.75) is 57.9 Å². The number of hydrogen-bond acceptors (Lipinski definition) is 6. The molecule has 0 saturated carbocycles. The average molecular weight is 506 g/mol. The molecule has 0 amide bonds. The maximum Gasteiger partial charge on any atom is 0.324 e. The second-order valence-corrected chi connectivity index (χ2v) is 10.2. The fraction of sp³-hybridized carbons (Fsp3) is 0.619. The van der Waals surface area contributed by atoms with E-state index in [4.69, 9.17) is 9.47 Å². The topological polar surface area (TPSA) is 90.0 Å². The van der Waals surface area contributed by atoms with E-state index >= 15 is 0 Å². The summed E-state index contributed by atoms with van der Waals surface area (Å²) in [4.78, 5) is 25.2. The van der Waals surface area contributed by atoms with Crippen molar-refractivity contribution >= 4 is 37.9 Å². The summed E-state index contributed by atoms with van der Waals surface area (Å²) in [6, 6.07) is 6.57. The summed E-state index contributed by atoms with van der Waals surface area (Å²) in [5, 5.41) is 0.538. The van der Waals surface area contributed by atoms with Gasteiger partial charge in [-0.3, -0.25) is 9.59 Å². The number of esters is 2. The van der Waals surface area contributed by atoms with Crippen LogP contribution in [0.15, 0.2) is 35.2 Å². The first-order chi connectivity index (χ1) is 14.1. The van der Waals surface area contributed by atoms with Crippen molar-refractivity contribution in [2.75, 3.05) is 25.1 Å². The van der Waals surface area contributed by atoms with E-state index in [-0.39, 0.29) is 24.5 Å². The smallest absolute Gasteiger partial charge is 0.324 e. The van der Waals surface area contributed by atoms with Crippen LogP contribution in [0.4, 0.5) is 0 Å². The van der Waals surface area contributed by atoms with Gasteiger partial charge >= 0.3 is 11.9 Å². The highest BCUT2D eigenvalue weighted by Crippen LogP contribution is 2.30. The monoisotopic (exact) mass is 505 g/mol. The van der Waals surface area contributed by atoms with Crippen molar-refractivity contribution in [3.8, 4) is 0 Å². The van der Waals surface area contributed by atoms with E-state index in [9.17, 15) is 18.0 Å². The number of alkyl halides is 1. The third-order valence-electron chi connectivity index (χ3n) is 4.41. The lowest BCUT2D eigenvalue weighted by Crippen LogP contribution is -2.50. The summed E-state index contributed by atoms with van der Waals surface area (Å²) in [5.41, 5.74) is -0.423. The van der Waals surface area contributed by atoms with E-state index in [1.807, 2.05) is 20.8 Å². The fourth-order valence-electron chi connectivity index (χ4n) is 2.71. The summed E-state index contributed by atoms with van der Waals surface area (Å²) in [6.45, 7) is 7.15. The molecule has 0 aliphatic rings. The lowest BCUT2D eigenvalue weighted by atomic mass is 9.88. The van der Waals surface area contributed by atoms with Crippen LogP contribution in [-0.2, 0) is 29.1 Å². The quantitative estimate of drug-likeness (QED) is 0.230. The van der Waals surface area contributed by atoms with E-state index in [1.165, 1.54) is 12.1 Å². The summed E-state index contributed by atoms with van der Waals surface area (Å²) in [5.74, 6) is -1.39.